The van der Waals surface area contributed by atoms with Gasteiger partial charge in [-0.1, -0.05) is 30.3 Å². The van der Waals surface area contributed by atoms with E-state index in [0.717, 1.165) is 11.1 Å². The highest BCUT2D eigenvalue weighted by Crippen LogP contribution is 2.13. The Hall–Kier alpha value is -2.88. The molecule has 154 valence electrons. The number of rotatable bonds is 2. The zero-order valence-corrected chi connectivity index (χ0v) is 16.3. The Kier molecular flexibility index (Phi) is 6.86. The largest absolute Gasteiger partial charge is 0.445 e. The minimum atomic E-state index is -0.886. The van der Waals surface area contributed by atoms with E-state index < -0.39 is 18.3 Å². The summed E-state index contributed by atoms with van der Waals surface area (Å²) in [6.45, 7) is 0.745. The Labute approximate surface area is 172 Å². The van der Waals surface area contributed by atoms with Gasteiger partial charge < -0.3 is 25.6 Å². The van der Waals surface area contributed by atoms with Crippen molar-refractivity contribution in [2.45, 2.75) is 25.2 Å². The smallest absolute Gasteiger partial charge is 0.410 e. The zero-order valence-electron chi connectivity index (χ0n) is 15.6. The Morgan fingerprint density at radius 3 is 2.69 bits per heavy atom. The van der Waals surface area contributed by atoms with Crippen LogP contribution in [0.5, 0.6) is 0 Å². The minimum absolute atomic E-state index is 0.120. The van der Waals surface area contributed by atoms with Gasteiger partial charge in [-0.3, -0.25) is 0 Å². The summed E-state index contributed by atoms with van der Waals surface area (Å²) in [5.74, 6) is 0.398. The van der Waals surface area contributed by atoms with E-state index in [2.05, 4.69) is 10.1 Å². The normalized spacial score (nSPS) is 18.8. The monoisotopic (exact) mass is 419 g/mol. The second kappa shape index (κ2) is 9.55. The Balaban J connectivity index is 0.000000186. The maximum absolute atomic E-state index is 11.7. The highest BCUT2D eigenvalue weighted by Gasteiger charge is 2.29. The first-order valence-corrected chi connectivity index (χ1v) is 9.40. The van der Waals surface area contributed by atoms with E-state index in [1.165, 1.54) is 4.90 Å². The number of aliphatic hydroxyl groups is 2. The number of nitrogens with two attached hydrogens (primary N) is 1. The molecule has 1 amide bonds. The molecule has 1 saturated heterocycles. The quantitative estimate of drug-likeness (QED) is 0.577. The van der Waals surface area contributed by atoms with Gasteiger partial charge in [0.05, 0.1) is 18.8 Å². The number of hydrogen-bond acceptors (Lipinski definition) is 7. The number of aromatic nitrogens is 3. The first-order chi connectivity index (χ1) is 13.9. The van der Waals surface area contributed by atoms with E-state index in [1.54, 1.807) is 10.7 Å². The molecular weight excluding hydrogens is 398 g/mol. The first-order valence-electron chi connectivity index (χ1n) is 9.02. The number of amides is 1. The Morgan fingerprint density at radius 1 is 1.21 bits per heavy atom. The van der Waals surface area contributed by atoms with Crippen LogP contribution >= 0.6 is 11.6 Å². The minimum Gasteiger partial charge on any atom is -0.445 e. The number of aliphatic hydroxyl groups excluding tert-OH is 2. The van der Waals surface area contributed by atoms with Gasteiger partial charge in [-0.2, -0.15) is 4.98 Å². The lowest BCUT2D eigenvalue weighted by atomic mass is 10.1. The molecule has 10 heteroatoms. The van der Waals surface area contributed by atoms with Crippen molar-refractivity contribution in [1.82, 2.24) is 19.5 Å². The van der Waals surface area contributed by atoms with E-state index in [1.807, 2.05) is 42.5 Å². The molecule has 0 bridgehead atoms. The van der Waals surface area contributed by atoms with Crippen LogP contribution < -0.4 is 5.73 Å². The number of ether oxygens (including phenoxy) is 1. The summed E-state index contributed by atoms with van der Waals surface area (Å²) in [6, 6.07) is 13.1. The van der Waals surface area contributed by atoms with Crippen LogP contribution in [0.25, 0.3) is 5.52 Å². The molecule has 9 nitrogen and oxygen atoms in total. The van der Waals surface area contributed by atoms with Crippen molar-refractivity contribution in [3.8, 4) is 0 Å². The van der Waals surface area contributed by atoms with E-state index in [9.17, 15) is 15.0 Å². The van der Waals surface area contributed by atoms with Crippen molar-refractivity contribution < 1.29 is 19.7 Å². The number of likely N-dealkylation sites (tertiary alicyclic amines) is 1. The second-order valence-electron chi connectivity index (χ2n) is 6.51. The first kappa shape index (κ1) is 20.8. The van der Waals surface area contributed by atoms with Gasteiger partial charge in [0, 0.05) is 12.7 Å². The molecule has 4 N–H and O–H groups in total. The number of nitrogen functional groups attached to an aromatic ring is 1. The number of halogens is 1. The fourth-order valence-corrected chi connectivity index (χ4v) is 3.00. The van der Waals surface area contributed by atoms with Crippen molar-refractivity contribution >= 4 is 29.0 Å². The molecule has 0 spiro atoms. The van der Waals surface area contributed by atoms with E-state index >= 15 is 0 Å². The number of benzene rings is 1. The van der Waals surface area contributed by atoms with Gasteiger partial charge in [-0.15, -0.1) is 5.10 Å². The molecule has 2 unspecified atom stereocenters. The molecule has 1 aromatic carbocycles. The van der Waals surface area contributed by atoms with E-state index in [-0.39, 0.29) is 18.4 Å². The van der Waals surface area contributed by atoms with E-state index in [0.29, 0.717) is 18.8 Å². The highest BCUT2D eigenvalue weighted by molar-refractivity contribution is 6.28. The maximum atomic E-state index is 11.7. The number of nitrogens with zero attached hydrogens (tertiary/aromatic N) is 4. The molecule has 29 heavy (non-hydrogen) atoms. The summed E-state index contributed by atoms with van der Waals surface area (Å²) in [5, 5.41) is 22.9. The molecular formula is C19H22ClN5O4. The van der Waals surface area contributed by atoms with Crippen LogP contribution in [-0.4, -0.2) is 61.1 Å². The molecule has 2 atom stereocenters. The molecule has 4 rings (SSSR count). The summed E-state index contributed by atoms with van der Waals surface area (Å²) in [7, 11) is 0. The fourth-order valence-electron chi connectivity index (χ4n) is 2.83. The van der Waals surface area contributed by atoms with Gasteiger partial charge in [0.15, 0.2) is 5.82 Å². The lowest BCUT2D eigenvalue weighted by molar-refractivity contribution is -0.0371. The van der Waals surface area contributed by atoms with Gasteiger partial charge in [0.2, 0.25) is 5.28 Å². The van der Waals surface area contributed by atoms with Gasteiger partial charge >= 0.3 is 6.09 Å². The lowest BCUT2D eigenvalue weighted by Gasteiger charge is -2.32. The third-order valence-corrected chi connectivity index (χ3v) is 4.56. The summed E-state index contributed by atoms with van der Waals surface area (Å²) in [6.07, 6.45) is 0.0527. The molecule has 0 radical (unpaired) electrons. The van der Waals surface area contributed by atoms with Gasteiger partial charge in [-0.25, -0.2) is 9.31 Å². The number of carbonyl (C=O) groups excluding carboxylic acids is 1. The number of anilines is 1. The summed E-state index contributed by atoms with van der Waals surface area (Å²) in [4.78, 5) is 16.9. The third-order valence-electron chi connectivity index (χ3n) is 4.40. The molecule has 0 aliphatic carbocycles. The topological polar surface area (TPSA) is 126 Å². The molecule has 3 aromatic rings. The van der Waals surface area contributed by atoms with Crippen LogP contribution in [0.15, 0.2) is 48.7 Å². The van der Waals surface area contributed by atoms with Crippen molar-refractivity contribution in [1.29, 1.82) is 0 Å². The second-order valence-corrected chi connectivity index (χ2v) is 6.85. The van der Waals surface area contributed by atoms with Gasteiger partial charge in [-0.05, 0) is 35.7 Å². The van der Waals surface area contributed by atoms with Gasteiger partial charge in [0.1, 0.15) is 12.1 Å². The number of piperidine rings is 1. The molecule has 1 aliphatic rings. The number of β-amino-alcohol motifs (C(OH)–C–C–N with tert-alkyl or cyclic N) is 1. The van der Waals surface area contributed by atoms with Crippen LogP contribution in [-0.2, 0) is 11.3 Å². The summed E-state index contributed by atoms with van der Waals surface area (Å²) in [5.41, 5.74) is 7.24. The van der Waals surface area contributed by atoms with Crippen LogP contribution in [0.4, 0.5) is 10.6 Å². The molecule has 3 heterocycles. The molecule has 0 saturated carbocycles. The van der Waals surface area contributed by atoms with Crippen molar-refractivity contribution in [2.24, 2.45) is 0 Å². The summed E-state index contributed by atoms with van der Waals surface area (Å²) >= 11 is 5.56. The Morgan fingerprint density at radius 2 is 1.97 bits per heavy atom. The average Bonchev–Trinajstić information content (AvgIpc) is 3.18. The van der Waals surface area contributed by atoms with Crippen molar-refractivity contribution in [3.05, 3.63) is 59.5 Å². The van der Waals surface area contributed by atoms with Crippen molar-refractivity contribution in [3.63, 3.8) is 0 Å². The number of hydrogen-bond donors (Lipinski definition) is 3. The third kappa shape index (κ3) is 5.57. The van der Waals surface area contributed by atoms with E-state index in [4.69, 9.17) is 22.1 Å². The predicted molar refractivity (Wildman–Crippen MR) is 107 cm³/mol. The number of carbonyl (C=O) groups is 1. The summed E-state index contributed by atoms with van der Waals surface area (Å²) < 4.78 is 6.73. The average molecular weight is 420 g/mol. The van der Waals surface area contributed by atoms with Crippen LogP contribution in [0.1, 0.15) is 12.0 Å². The highest BCUT2D eigenvalue weighted by atomic mass is 35.5. The van der Waals surface area contributed by atoms with Crippen molar-refractivity contribution in [2.75, 3.05) is 18.8 Å². The van der Waals surface area contributed by atoms with Crippen LogP contribution in [0.3, 0.4) is 0 Å². The molecule has 1 aliphatic heterocycles. The maximum Gasteiger partial charge on any atom is 0.410 e. The molecule has 1 fully saturated rings. The van der Waals surface area contributed by atoms with Gasteiger partial charge in [0.25, 0.3) is 0 Å². The van der Waals surface area contributed by atoms with Crippen LogP contribution in [0.2, 0.25) is 5.28 Å². The van der Waals surface area contributed by atoms with Crippen LogP contribution in [0, 0.1) is 0 Å². The lowest BCUT2D eigenvalue weighted by Crippen LogP contribution is -2.49. The molecule has 2 aromatic heterocycles. The SMILES string of the molecule is Nc1nc(Cl)nn2cccc12.O=C(OCc1ccccc1)N1CCC(O)C(O)C1. The fraction of sp³-hybridized carbons (Fsp3) is 0.316. The number of fused-ring (bicyclic) bond motifs is 1. The Bertz CT molecular complexity index is 952. The predicted octanol–water partition coefficient (Wildman–Crippen LogP) is 1.72. The standard InChI is InChI=1S/C13H17NO4.C6H5ClN4/c15-11-6-7-14(8-12(11)16)13(17)18-9-10-4-2-1-3-5-10;7-6-9-5(8)4-2-1-3-11(4)10-6/h1-5,11-12,15-16H,6-9H2;1-3H,(H2,8,9,10). The zero-order chi connectivity index (χ0) is 20.8.